The van der Waals surface area contributed by atoms with Crippen LogP contribution in [0.25, 0.3) is 11.0 Å². The van der Waals surface area contributed by atoms with Gasteiger partial charge >= 0.3 is 6.18 Å². The molecule has 2 N–H and O–H groups in total. The van der Waals surface area contributed by atoms with Crippen LogP contribution in [0, 0.1) is 0 Å². The number of aromatic nitrogens is 2. The number of halogens is 3. The van der Waals surface area contributed by atoms with E-state index in [1.54, 1.807) is 21.3 Å². The molecule has 2 aromatic rings. The molecule has 0 radical (unpaired) electrons. The second-order valence-electron chi connectivity index (χ2n) is 6.16. The fourth-order valence-electron chi connectivity index (χ4n) is 2.80. The molecule has 0 aliphatic rings. The predicted octanol–water partition coefficient (Wildman–Crippen LogP) is 0.00410. The van der Waals surface area contributed by atoms with Crippen LogP contribution in [0.4, 0.5) is 13.2 Å². The first-order valence-corrected chi connectivity index (χ1v) is 9.34. The number of hydrogen-bond donors (Lipinski definition) is 1. The van der Waals surface area contributed by atoms with Gasteiger partial charge in [-0.3, -0.25) is 0 Å². The third kappa shape index (κ3) is 7.98. The molecule has 0 saturated heterocycles. The van der Waals surface area contributed by atoms with E-state index >= 15 is 0 Å². The number of fused-ring (bicyclic) bond motifs is 1. The van der Waals surface area contributed by atoms with Crippen molar-refractivity contribution in [3.63, 3.8) is 0 Å². The number of imidazole rings is 1. The first-order valence-electron chi connectivity index (χ1n) is 9.34. The number of alkyl halides is 3. The van der Waals surface area contributed by atoms with Crippen molar-refractivity contribution in [2.75, 3.05) is 47.8 Å². The first-order chi connectivity index (χ1) is 14.7. The fourth-order valence-corrected chi connectivity index (χ4v) is 2.80. The molecule has 2 rings (SSSR count). The Morgan fingerprint density at radius 1 is 1.13 bits per heavy atom. The van der Waals surface area contributed by atoms with Crippen molar-refractivity contribution in [1.29, 1.82) is 0 Å². The van der Waals surface area contributed by atoms with Gasteiger partial charge in [0.2, 0.25) is 0 Å². The van der Waals surface area contributed by atoms with Crippen LogP contribution in [0.3, 0.4) is 0 Å². The molecule has 31 heavy (non-hydrogen) atoms. The molecule has 0 amide bonds. The van der Waals surface area contributed by atoms with E-state index in [2.05, 4.69) is 15.2 Å². The van der Waals surface area contributed by atoms with Crippen molar-refractivity contribution in [1.82, 2.24) is 4.57 Å². The van der Waals surface area contributed by atoms with Gasteiger partial charge in [0.15, 0.2) is 11.0 Å². The Balaban J connectivity index is 0.000000592. The third-order valence-corrected chi connectivity index (χ3v) is 4.21. The summed E-state index contributed by atoms with van der Waals surface area (Å²) in [4.78, 5) is 8.78. The van der Waals surface area contributed by atoms with E-state index in [4.69, 9.17) is 34.6 Å². The number of rotatable bonds is 11. The van der Waals surface area contributed by atoms with E-state index in [9.17, 15) is 13.2 Å². The molecule has 0 aliphatic heterocycles. The van der Waals surface area contributed by atoms with Gasteiger partial charge in [-0.15, -0.1) is 0 Å². The molecule has 12 heteroatoms. The number of benzene rings is 1. The lowest BCUT2D eigenvalue weighted by atomic mass is 10.3. The van der Waals surface area contributed by atoms with E-state index in [-0.39, 0.29) is 0 Å². The molecule has 0 bridgehead atoms. The summed E-state index contributed by atoms with van der Waals surface area (Å²) in [6, 6.07) is 6.06. The van der Waals surface area contributed by atoms with Gasteiger partial charge in [-0.2, -0.15) is 13.2 Å². The van der Waals surface area contributed by atoms with Crippen LogP contribution in [0.1, 0.15) is 5.82 Å². The second kappa shape index (κ2) is 13.1. The van der Waals surface area contributed by atoms with Gasteiger partial charge in [0.05, 0.1) is 40.1 Å². The van der Waals surface area contributed by atoms with Crippen molar-refractivity contribution >= 4 is 17.0 Å². The van der Waals surface area contributed by atoms with Gasteiger partial charge in [-0.05, 0) is 12.1 Å². The summed E-state index contributed by atoms with van der Waals surface area (Å²) in [6.45, 7) is 4.34. The number of aliphatic carboxylic acids is 1. The van der Waals surface area contributed by atoms with Crippen LogP contribution in [-0.2, 0) is 38.6 Å². The SMILES string of the molecule is COCCOCC[n+]1c(CN)n(CCOC)c2cc(OC)ccc21.O=C([O-])C(F)(F)F. The Bertz CT molecular complexity index is 826. The highest BCUT2D eigenvalue weighted by Crippen LogP contribution is 2.21. The molecule has 1 heterocycles. The smallest absolute Gasteiger partial charge is 0.430 e. The number of methoxy groups -OCH3 is 3. The second-order valence-corrected chi connectivity index (χ2v) is 6.16. The number of hydrogen-bond acceptors (Lipinski definition) is 7. The van der Waals surface area contributed by atoms with Crippen LogP contribution in [0.5, 0.6) is 5.75 Å². The van der Waals surface area contributed by atoms with Crippen molar-refractivity contribution in [2.45, 2.75) is 25.8 Å². The summed E-state index contributed by atoms with van der Waals surface area (Å²) < 4.78 is 57.2. The van der Waals surface area contributed by atoms with E-state index in [1.165, 1.54) is 0 Å². The van der Waals surface area contributed by atoms with E-state index < -0.39 is 12.1 Å². The first kappa shape index (κ1) is 26.6. The standard InChI is InChI=1S/C17H28N3O4.C2HF3O2/c1-21-8-6-20-16-12-14(23-3)4-5-15(16)19(17(20)13-18)7-9-24-11-10-22-2;3-2(4,5)1(6)7/h4-5,12H,6-11,13,18H2,1-3H3;(H,6,7)/q+1;/p-1. The van der Waals surface area contributed by atoms with Crippen LogP contribution in [0.2, 0.25) is 0 Å². The number of carboxylic acids is 1. The minimum Gasteiger partial charge on any atom is -0.542 e. The Hall–Kier alpha value is -2.41. The quantitative estimate of drug-likeness (QED) is 0.378. The highest BCUT2D eigenvalue weighted by atomic mass is 19.4. The van der Waals surface area contributed by atoms with E-state index in [1.807, 2.05) is 12.1 Å². The number of nitrogens with zero attached hydrogens (tertiary/aromatic N) is 2. The lowest BCUT2D eigenvalue weighted by Crippen LogP contribution is -2.41. The maximum absolute atomic E-state index is 10.5. The fraction of sp³-hybridized carbons (Fsp3) is 0.579. The number of carbonyl (C=O) groups excluding carboxylic acids is 1. The molecule has 1 aromatic carbocycles. The van der Waals surface area contributed by atoms with Crippen LogP contribution in [0.15, 0.2) is 18.2 Å². The lowest BCUT2D eigenvalue weighted by molar-refractivity contribution is -0.681. The van der Waals surface area contributed by atoms with Crippen LogP contribution < -0.4 is 20.1 Å². The molecule has 0 fully saturated rings. The van der Waals surface area contributed by atoms with Crippen molar-refractivity contribution in [3.8, 4) is 5.75 Å². The third-order valence-electron chi connectivity index (χ3n) is 4.21. The molecular weight excluding hydrogens is 423 g/mol. The molecular formula is C19H28F3N3O6. The van der Waals surface area contributed by atoms with Crippen LogP contribution in [-0.4, -0.2) is 64.5 Å². The average Bonchev–Trinajstić information content (AvgIpc) is 3.03. The van der Waals surface area contributed by atoms with Crippen molar-refractivity contribution < 1.29 is 46.6 Å². The summed E-state index contributed by atoms with van der Waals surface area (Å²) >= 11 is 0. The number of carbonyl (C=O) groups is 1. The molecule has 0 unspecified atom stereocenters. The van der Waals surface area contributed by atoms with Crippen molar-refractivity contribution in [2.24, 2.45) is 5.73 Å². The van der Waals surface area contributed by atoms with Gasteiger partial charge in [-0.25, -0.2) is 9.13 Å². The van der Waals surface area contributed by atoms with E-state index in [0.717, 1.165) is 35.7 Å². The Morgan fingerprint density at radius 3 is 2.29 bits per heavy atom. The number of ether oxygens (including phenoxy) is 4. The molecule has 9 nitrogen and oxygen atoms in total. The topological polar surface area (TPSA) is 112 Å². The average molecular weight is 451 g/mol. The summed E-state index contributed by atoms with van der Waals surface area (Å²) in [5.41, 5.74) is 8.24. The molecule has 0 saturated carbocycles. The molecule has 176 valence electrons. The molecule has 0 atom stereocenters. The molecule has 1 aromatic heterocycles. The monoisotopic (exact) mass is 451 g/mol. The largest absolute Gasteiger partial charge is 0.542 e. The Labute approximate surface area is 178 Å². The summed E-state index contributed by atoms with van der Waals surface area (Å²) in [5.74, 6) is -1.14. The Kier molecular flexibility index (Phi) is 11.3. The summed E-state index contributed by atoms with van der Waals surface area (Å²) in [5, 5.41) is 8.78. The van der Waals surface area contributed by atoms with Gasteiger partial charge in [0, 0.05) is 20.3 Å². The summed E-state index contributed by atoms with van der Waals surface area (Å²) in [7, 11) is 5.04. The van der Waals surface area contributed by atoms with Gasteiger partial charge in [0.25, 0.3) is 5.82 Å². The molecule has 0 spiro atoms. The lowest BCUT2D eigenvalue weighted by Gasteiger charge is -2.05. The van der Waals surface area contributed by atoms with Gasteiger partial charge in [-0.1, -0.05) is 0 Å². The highest BCUT2D eigenvalue weighted by Gasteiger charge is 2.29. The highest BCUT2D eigenvalue weighted by molar-refractivity contribution is 5.74. The van der Waals surface area contributed by atoms with E-state index in [0.29, 0.717) is 33.0 Å². The molecule has 0 aliphatic carbocycles. The minimum atomic E-state index is -5.19. The number of carboxylic acid groups (broad SMARTS) is 1. The summed E-state index contributed by atoms with van der Waals surface area (Å²) in [6.07, 6.45) is -5.19. The zero-order valence-electron chi connectivity index (χ0n) is 17.7. The zero-order valence-corrected chi connectivity index (χ0v) is 17.7. The number of nitrogens with two attached hydrogens (primary N) is 1. The van der Waals surface area contributed by atoms with Crippen molar-refractivity contribution in [3.05, 3.63) is 24.0 Å². The predicted molar refractivity (Wildman–Crippen MR) is 102 cm³/mol. The zero-order chi connectivity index (χ0) is 23.4. The maximum Gasteiger partial charge on any atom is 0.430 e. The van der Waals surface area contributed by atoms with Gasteiger partial charge in [0.1, 0.15) is 24.8 Å². The minimum absolute atomic E-state index is 0.443. The van der Waals surface area contributed by atoms with Crippen LogP contribution >= 0.6 is 0 Å². The Morgan fingerprint density at radius 2 is 1.77 bits per heavy atom. The normalized spacial score (nSPS) is 11.3. The maximum atomic E-state index is 10.5. The van der Waals surface area contributed by atoms with Gasteiger partial charge < -0.3 is 34.6 Å².